The molecule has 2 amide bonds. The molecule has 0 saturated carbocycles. The monoisotopic (exact) mass is 416 g/mol. The molecule has 1 aromatic heterocycles. The molecule has 9 heteroatoms. The summed E-state index contributed by atoms with van der Waals surface area (Å²) in [6.45, 7) is 5.68. The van der Waals surface area contributed by atoms with Crippen molar-refractivity contribution < 1.29 is 18.0 Å². The normalized spacial score (nSPS) is 17.1. The predicted molar refractivity (Wildman–Crippen MR) is 107 cm³/mol. The average molecular weight is 417 g/mol. The minimum atomic E-state index is -3.85. The maximum absolute atomic E-state index is 13.3. The van der Waals surface area contributed by atoms with Crippen molar-refractivity contribution in [1.82, 2.24) is 20.1 Å². The van der Waals surface area contributed by atoms with Crippen molar-refractivity contribution in [2.75, 3.05) is 6.54 Å². The molecule has 2 aromatic rings. The van der Waals surface area contributed by atoms with Gasteiger partial charge in [0.2, 0.25) is 10.0 Å². The number of pyridine rings is 1. The summed E-state index contributed by atoms with van der Waals surface area (Å²) in [5.41, 5.74) is 7.23. The number of amides is 2. The lowest BCUT2D eigenvalue weighted by Gasteiger charge is -2.25. The van der Waals surface area contributed by atoms with Crippen LogP contribution in [0.3, 0.4) is 0 Å². The van der Waals surface area contributed by atoms with E-state index in [0.717, 1.165) is 5.56 Å². The van der Waals surface area contributed by atoms with E-state index in [-0.39, 0.29) is 17.0 Å². The summed E-state index contributed by atoms with van der Waals surface area (Å²) in [5, 5.41) is 0. The summed E-state index contributed by atoms with van der Waals surface area (Å²) in [7, 11) is -3.85. The Balaban J connectivity index is 1.77. The maximum Gasteiger partial charge on any atom is 0.271 e. The molecule has 0 unspecified atom stereocenters. The standard InChI is InChI=1S/C20H24N4O4S/c1-13-10-14(2)18(15(3)11-13)29(27,28)24-9-5-7-17(24)20(26)23-22-19(25)16-6-4-8-21-12-16/h4,6,8,10-12,17H,5,7,9H2,1-3H3,(H,22,25)(H,23,26)/t17-/m0/s1. The van der Waals surface area contributed by atoms with Gasteiger partial charge in [0.25, 0.3) is 11.8 Å². The van der Waals surface area contributed by atoms with Gasteiger partial charge in [0, 0.05) is 18.9 Å². The lowest BCUT2D eigenvalue weighted by molar-refractivity contribution is -0.125. The molecule has 1 aliphatic rings. The van der Waals surface area contributed by atoms with Crippen LogP contribution in [0.5, 0.6) is 0 Å². The highest BCUT2D eigenvalue weighted by molar-refractivity contribution is 7.89. The van der Waals surface area contributed by atoms with E-state index in [1.165, 1.54) is 16.7 Å². The molecule has 2 N–H and O–H groups in total. The van der Waals surface area contributed by atoms with E-state index in [0.29, 0.717) is 24.0 Å². The van der Waals surface area contributed by atoms with E-state index in [9.17, 15) is 18.0 Å². The zero-order chi connectivity index (χ0) is 21.2. The maximum atomic E-state index is 13.3. The van der Waals surface area contributed by atoms with Crippen molar-refractivity contribution in [3.8, 4) is 0 Å². The fraction of sp³-hybridized carbons (Fsp3) is 0.350. The first-order valence-corrected chi connectivity index (χ1v) is 10.8. The van der Waals surface area contributed by atoms with E-state index in [4.69, 9.17) is 0 Å². The Labute approximate surface area is 170 Å². The molecular weight excluding hydrogens is 392 g/mol. The number of sulfonamides is 1. The van der Waals surface area contributed by atoms with Crippen molar-refractivity contribution >= 4 is 21.8 Å². The minimum absolute atomic E-state index is 0.238. The van der Waals surface area contributed by atoms with Crippen LogP contribution in [0.1, 0.15) is 39.9 Å². The summed E-state index contributed by atoms with van der Waals surface area (Å²) in [6, 6.07) is 5.92. The molecule has 3 rings (SSSR count). The van der Waals surface area contributed by atoms with Crippen LogP contribution >= 0.6 is 0 Å². The van der Waals surface area contributed by atoms with Gasteiger partial charge >= 0.3 is 0 Å². The molecule has 0 radical (unpaired) electrons. The van der Waals surface area contributed by atoms with Crippen molar-refractivity contribution in [3.63, 3.8) is 0 Å². The van der Waals surface area contributed by atoms with Gasteiger partial charge in [-0.05, 0) is 56.9 Å². The molecule has 0 aliphatic carbocycles. The molecule has 1 aliphatic heterocycles. The molecule has 2 heterocycles. The van der Waals surface area contributed by atoms with E-state index < -0.39 is 27.9 Å². The first kappa shape index (κ1) is 20.9. The molecule has 1 aromatic carbocycles. The van der Waals surface area contributed by atoms with Crippen LogP contribution in [0.4, 0.5) is 0 Å². The largest absolute Gasteiger partial charge is 0.271 e. The van der Waals surface area contributed by atoms with Crippen LogP contribution in [-0.2, 0) is 14.8 Å². The summed E-state index contributed by atoms with van der Waals surface area (Å²) in [5.74, 6) is -1.09. The Morgan fingerprint density at radius 1 is 1.14 bits per heavy atom. The van der Waals surface area contributed by atoms with Gasteiger partial charge in [0.15, 0.2) is 0 Å². The molecule has 1 atom stereocenters. The minimum Gasteiger partial charge on any atom is -0.271 e. The Hall–Kier alpha value is -2.78. The average Bonchev–Trinajstić information content (AvgIpc) is 3.16. The van der Waals surface area contributed by atoms with Crippen molar-refractivity contribution in [3.05, 3.63) is 58.9 Å². The zero-order valence-electron chi connectivity index (χ0n) is 16.6. The quantitative estimate of drug-likeness (QED) is 0.737. The first-order chi connectivity index (χ1) is 13.7. The highest BCUT2D eigenvalue weighted by atomic mass is 32.2. The number of hydrogen-bond donors (Lipinski definition) is 2. The highest BCUT2D eigenvalue weighted by Crippen LogP contribution is 2.30. The molecule has 1 saturated heterocycles. The van der Waals surface area contributed by atoms with Crippen LogP contribution in [0.2, 0.25) is 0 Å². The number of hydrazine groups is 1. The number of aromatic nitrogens is 1. The van der Waals surface area contributed by atoms with E-state index >= 15 is 0 Å². The Morgan fingerprint density at radius 2 is 1.83 bits per heavy atom. The number of nitrogens with one attached hydrogen (secondary N) is 2. The second-order valence-corrected chi connectivity index (χ2v) is 9.01. The third-order valence-corrected chi connectivity index (χ3v) is 7.12. The summed E-state index contributed by atoms with van der Waals surface area (Å²) in [4.78, 5) is 28.8. The van der Waals surface area contributed by atoms with E-state index in [2.05, 4.69) is 15.8 Å². The molecule has 0 spiro atoms. The van der Waals surface area contributed by atoms with E-state index in [1.807, 2.05) is 19.1 Å². The molecule has 1 fully saturated rings. The van der Waals surface area contributed by atoms with Crippen LogP contribution < -0.4 is 10.9 Å². The smallest absolute Gasteiger partial charge is 0.271 e. The molecule has 8 nitrogen and oxygen atoms in total. The van der Waals surface area contributed by atoms with E-state index in [1.54, 1.807) is 26.0 Å². The lowest BCUT2D eigenvalue weighted by Crippen LogP contribution is -2.51. The van der Waals surface area contributed by atoms with Crippen LogP contribution in [0, 0.1) is 20.8 Å². The fourth-order valence-electron chi connectivity index (χ4n) is 3.75. The van der Waals surface area contributed by atoms with Crippen LogP contribution in [-0.4, -0.2) is 42.1 Å². The van der Waals surface area contributed by atoms with Gasteiger partial charge in [-0.15, -0.1) is 0 Å². The van der Waals surface area contributed by atoms with Crippen molar-refractivity contribution in [2.24, 2.45) is 0 Å². The number of nitrogens with zero attached hydrogens (tertiary/aromatic N) is 2. The Morgan fingerprint density at radius 3 is 2.45 bits per heavy atom. The summed E-state index contributed by atoms with van der Waals surface area (Å²) in [6.07, 6.45) is 3.86. The van der Waals surface area contributed by atoms with Gasteiger partial charge in [-0.2, -0.15) is 4.31 Å². The zero-order valence-corrected chi connectivity index (χ0v) is 17.4. The van der Waals surface area contributed by atoms with Gasteiger partial charge in [-0.3, -0.25) is 25.4 Å². The second kappa shape index (κ2) is 8.30. The van der Waals surface area contributed by atoms with Gasteiger partial charge in [0.1, 0.15) is 6.04 Å². The summed E-state index contributed by atoms with van der Waals surface area (Å²) >= 11 is 0. The Bertz CT molecular complexity index is 1010. The van der Waals surface area contributed by atoms with Gasteiger partial charge < -0.3 is 0 Å². The number of aryl methyl sites for hydroxylation is 3. The topological polar surface area (TPSA) is 108 Å². The Kier molecular flexibility index (Phi) is 5.99. The SMILES string of the molecule is Cc1cc(C)c(S(=O)(=O)N2CCC[C@H]2C(=O)NNC(=O)c2cccnc2)c(C)c1. The van der Waals surface area contributed by atoms with Gasteiger partial charge in [0.05, 0.1) is 10.5 Å². The summed E-state index contributed by atoms with van der Waals surface area (Å²) < 4.78 is 27.8. The molecule has 154 valence electrons. The number of hydrogen-bond acceptors (Lipinski definition) is 5. The molecule has 29 heavy (non-hydrogen) atoms. The number of carbonyl (C=O) groups is 2. The van der Waals surface area contributed by atoms with Gasteiger partial charge in [-0.1, -0.05) is 17.7 Å². The third kappa shape index (κ3) is 4.30. The fourth-order valence-corrected chi connectivity index (χ4v) is 5.82. The lowest BCUT2D eigenvalue weighted by atomic mass is 10.1. The second-order valence-electron chi connectivity index (χ2n) is 7.19. The molecule has 0 bridgehead atoms. The van der Waals surface area contributed by atoms with Crippen LogP contribution in [0.15, 0.2) is 41.6 Å². The number of benzene rings is 1. The van der Waals surface area contributed by atoms with Crippen LogP contribution in [0.25, 0.3) is 0 Å². The van der Waals surface area contributed by atoms with Crippen molar-refractivity contribution in [2.45, 2.75) is 44.6 Å². The highest BCUT2D eigenvalue weighted by Gasteiger charge is 2.40. The predicted octanol–water partition coefficient (Wildman–Crippen LogP) is 1.62. The van der Waals surface area contributed by atoms with Crippen molar-refractivity contribution in [1.29, 1.82) is 0 Å². The van der Waals surface area contributed by atoms with Gasteiger partial charge in [-0.25, -0.2) is 8.42 Å². The number of rotatable bonds is 4. The first-order valence-electron chi connectivity index (χ1n) is 9.31. The number of carbonyl (C=O) groups excluding carboxylic acids is 2. The molecular formula is C20H24N4O4S. The third-order valence-electron chi connectivity index (χ3n) is 4.90.